The lowest BCUT2D eigenvalue weighted by Crippen LogP contribution is -2.25. The van der Waals surface area contributed by atoms with E-state index in [0.29, 0.717) is 30.0 Å². The van der Waals surface area contributed by atoms with Gasteiger partial charge < -0.3 is 5.32 Å². The second-order valence-electron chi connectivity index (χ2n) is 6.81. The van der Waals surface area contributed by atoms with Crippen molar-refractivity contribution in [3.8, 4) is 5.69 Å². The van der Waals surface area contributed by atoms with Gasteiger partial charge >= 0.3 is 0 Å². The van der Waals surface area contributed by atoms with Gasteiger partial charge in [-0.15, -0.1) is 0 Å². The van der Waals surface area contributed by atoms with Gasteiger partial charge in [0.15, 0.2) is 0 Å². The van der Waals surface area contributed by atoms with Crippen LogP contribution in [-0.4, -0.2) is 36.4 Å². The molecule has 0 atom stereocenters. The quantitative estimate of drug-likeness (QED) is 0.623. The van der Waals surface area contributed by atoms with Crippen LogP contribution in [-0.2, 0) is 10.0 Å². The van der Waals surface area contributed by atoms with E-state index in [1.807, 2.05) is 31.2 Å². The molecule has 1 N–H and O–H groups in total. The molecule has 1 saturated heterocycles. The maximum absolute atomic E-state index is 12.7. The van der Waals surface area contributed by atoms with Gasteiger partial charge in [0.1, 0.15) is 5.82 Å². The van der Waals surface area contributed by atoms with Crippen molar-refractivity contribution in [1.29, 1.82) is 0 Å². The zero-order chi connectivity index (χ0) is 20.6. The number of rotatable bonds is 4. The van der Waals surface area contributed by atoms with Crippen LogP contribution < -0.4 is 9.62 Å². The molecule has 1 amide bonds. The van der Waals surface area contributed by atoms with Crippen molar-refractivity contribution in [2.24, 2.45) is 0 Å². The molecule has 1 aliphatic rings. The number of benzene rings is 2. The van der Waals surface area contributed by atoms with E-state index >= 15 is 0 Å². The zero-order valence-electron chi connectivity index (χ0n) is 15.7. The van der Waals surface area contributed by atoms with E-state index < -0.39 is 10.0 Å². The van der Waals surface area contributed by atoms with Crippen LogP contribution >= 0.6 is 15.9 Å². The predicted molar refractivity (Wildman–Crippen MR) is 116 cm³/mol. The number of anilines is 2. The second-order valence-corrected chi connectivity index (χ2v) is 9.73. The Bertz CT molecular complexity index is 1170. The van der Waals surface area contributed by atoms with Gasteiger partial charge in [0.2, 0.25) is 10.0 Å². The number of aromatic nitrogens is 2. The van der Waals surface area contributed by atoms with Crippen molar-refractivity contribution >= 4 is 43.4 Å². The normalized spacial score (nSPS) is 15.4. The van der Waals surface area contributed by atoms with Crippen molar-refractivity contribution in [3.05, 3.63) is 70.3 Å². The van der Waals surface area contributed by atoms with Crippen LogP contribution in [0, 0.1) is 6.92 Å². The molecule has 0 bridgehead atoms. The highest BCUT2D eigenvalue weighted by Gasteiger charge is 2.28. The van der Waals surface area contributed by atoms with Crippen LogP contribution in [0.25, 0.3) is 5.69 Å². The van der Waals surface area contributed by atoms with E-state index in [1.165, 1.54) is 4.31 Å². The molecule has 1 fully saturated rings. The van der Waals surface area contributed by atoms with E-state index in [2.05, 4.69) is 26.3 Å². The van der Waals surface area contributed by atoms with Crippen LogP contribution in [0.4, 0.5) is 11.5 Å². The Morgan fingerprint density at radius 3 is 2.52 bits per heavy atom. The number of amides is 1. The summed E-state index contributed by atoms with van der Waals surface area (Å²) in [6, 6.07) is 16.0. The fraction of sp³-hybridized carbons (Fsp3) is 0.200. The molecule has 0 aliphatic carbocycles. The Hall–Kier alpha value is -2.65. The number of carbonyl (C=O) groups excluding carboxylic acids is 1. The van der Waals surface area contributed by atoms with E-state index in [0.717, 1.165) is 15.9 Å². The van der Waals surface area contributed by atoms with Crippen LogP contribution in [0.2, 0.25) is 0 Å². The van der Waals surface area contributed by atoms with E-state index in [1.54, 1.807) is 35.0 Å². The summed E-state index contributed by atoms with van der Waals surface area (Å²) in [5, 5.41) is 7.34. The minimum atomic E-state index is -3.24. The molecule has 0 radical (unpaired) electrons. The second kappa shape index (κ2) is 7.64. The van der Waals surface area contributed by atoms with Gasteiger partial charge in [0.25, 0.3) is 5.91 Å². The molecular weight excluding hydrogens is 456 g/mol. The molecular formula is C20H19BrN4O3S. The molecule has 9 heteroatoms. The van der Waals surface area contributed by atoms with Gasteiger partial charge in [0, 0.05) is 22.6 Å². The lowest BCUT2D eigenvalue weighted by Gasteiger charge is -2.17. The lowest BCUT2D eigenvalue weighted by atomic mass is 10.2. The van der Waals surface area contributed by atoms with Crippen LogP contribution in [0.5, 0.6) is 0 Å². The summed E-state index contributed by atoms with van der Waals surface area (Å²) in [7, 11) is -3.24. The number of nitrogens with zero attached hydrogens (tertiary/aromatic N) is 3. The van der Waals surface area contributed by atoms with Gasteiger partial charge in [-0.05, 0) is 55.8 Å². The summed E-state index contributed by atoms with van der Waals surface area (Å²) in [6.45, 7) is 2.33. The maximum atomic E-state index is 12.7. The lowest BCUT2D eigenvalue weighted by molar-refractivity contribution is 0.102. The fourth-order valence-corrected chi connectivity index (χ4v) is 5.24. The van der Waals surface area contributed by atoms with Crippen LogP contribution in [0.3, 0.4) is 0 Å². The predicted octanol–water partition coefficient (Wildman–Crippen LogP) is 3.74. The van der Waals surface area contributed by atoms with Crippen molar-refractivity contribution < 1.29 is 13.2 Å². The highest BCUT2D eigenvalue weighted by Crippen LogP contribution is 2.25. The summed E-state index contributed by atoms with van der Waals surface area (Å²) in [6.07, 6.45) is 0.615. The van der Waals surface area contributed by atoms with E-state index in [9.17, 15) is 13.2 Å². The Balaban J connectivity index is 1.56. The minimum Gasteiger partial charge on any atom is -0.306 e. The smallest absolute Gasteiger partial charge is 0.256 e. The summed E-state index contributed by atoms with van der Waals surface area (Å²) >= 11 is 3.45. The first-order valence-corrected chi connectivity index (χ1v) is 11.5. The molecule has 1 aliphatic heterocycles. The minimum absolute atomic E-state index is 0.161. The Labute approximate surface area is 177 Å². The Kier molecular flexibility index (Phi) is 5.18. The number of halogens is 1. The summed E-state index contributed by atoms with van der Waals surface area (Å²) in [5.74, 6) is 0.419. The molecule has 29 heavy (non-hydrogen) atoms. The standard InChI is InChI=1S/C20H19BrN4O3S/c1-14-12-19(25(23-14)18-5-2-4-16(21)13-18)22-20(26)15-6-8-17(9-7-15)24-10-3-11-29(24,27)28/h2,4-9,12-13H,3,10-11H2,1H3,(H,22,26). The highest BCUT2D eigenvalue weighted by molar-refractivity contribution is 9.10. The number of hydrogen-bond donors (Lipinski definition) is 1. The van der Waals surface area contributed by atoms with Crippen molar-refractivity contribution in [1.82, 2.24) is 9.78 Å². The molecule has 0 spiro atoms. The molecule has 150 valence electrons. The Morgan fingerprint density at radius 2 is 1.86 bits per heavy atom. The monoisotopic (exact) mass is 474 g/mol. The molecule has 3 aromatic rings. The zero-order valence-corrected chi connectivity index (χ0v) is 18.1. The van der Waals surface area contributed by atoms with Gasteiger partial charge in [-0.3, -0.25) is 9.10 Å². The first-order chi connectivity index (χ1) is 13.8. The van der Waals surface area contributed by atoms with E-state index in [-0.39, 0.29) is 11.7 Å². The van der Waals surface area contributed by atoms with Gasteiger partial charge in [-0.2, -0.15) is 5.10 Å². The van der Waals surface area contributed by atoms with E-state index in [4.69, 9.17) is 0 Å². The first-order valence-electron chi connectivity index (χ1n) is 9.08. The average Bonchev–Trinajstić information content (AvgIpc) is 3.23. The first kappa shape index (κ1) is 19.7. The number of carbonyl (C=O) groups is 1. The summed E-state index contributed by atoms with van der Waals surface area (Å²) < 4.78 is 28.1. The number of sulfonamides is 1. The van der Waals surface area contributed by atoms with Crippen molar-refractivity contribution in [2.45, 2.75) is 13.3 Å². The molecule has 1 aromatic heterocycles. The highest BCUT2D eigenvalue weighted by atomic mass is 79.9. The van der Waals surface area contributed by atoms with Gasteiger partial charge in [0.05, 0.1) is 22.8 Å². The molecule has 4 rings (SSSR count). The van der Waals surface area contributed by atoms with Gasteiger partial charge in [-0.25, -0.2) is 13.1 Å². The molecule has 0 saturated carbocycles. The third-order valence-electron chi connectivity index (χ3n) is 4.64. The summed E-state index contributed by atoms with van der Waals surface area (Å²) in [5.41, 5.74) is 2.60. The summed E-state index contributed by atoms with van der Waals surface area (Å²) in [4.78, 5) is 12.7. The maximum Gasteiger partial charge on any atom is 0.256 e. The molecule has 7 nitrogen and oxygen atoms in total. The molecule has 0 unspecified atom stereocenters. The SMILES string of the molecule is Cc1cc(NC(=O)c2ccc(N3CCCS3(=O)=O)cc2)n(-c2cccc(Br)c2)n1. The van der Waals surface area contributed by atoms with Crippen LogP contribution in [0.15, 0.2) is 59.1 Å². The average molecular weight is 475 g/mol. The molecule has 2 aromatic carbocycles. The van der Waals surface area contributed by atoms with Crippen molar-refractivity contribution in [3.63, 3.8) is 0 Å². The molecule has 2 heterocycles. The van der Waals surface area contributed by atoms with Crippen LogP contribution in [0.1, 0.15) is 22.5 Å². The van der Waals surface area contributed by atoms with Crippen molar-refractivity contribution in [2.75, 3.05) is 21.9 Å². The largest absolute Gasteiger partial charge is 0.306 e. The van der Waals surface area contributed by atoms with Gasteiger partial charge in [-0.1, -0.05) is 22.0 Å². The third kappa shape index (κ3) is 4.06. The Morgan fingerprint density at radius 1 is 1.10 bits per heavy atom. The number of aryl methyl sites for hydroxylation is 1. The number of hydrogen-bond acceptors (Lipinski definition) is 4. The topological polar surface area (TPSA) is 84.3 Å². The fourth-order valence-electron chi connectivity index (χ4n) is 3.29. The third-order valence-corrected chi connectivity index (χ3v) is 7.01. The number of nitrogens with one attached hydrogen (secondary N) is 1.